The summed E-state index contributed by atoms with van der Waals surface area (Å²) in [7, 11) is 3.05. The maximum absolute atomic E-state index is 14.2. The highest BCUT2D eigenvalue weighted by Gasteiger charge is 2.42. The molecule has 29 heavy (non-hydrogen) atoms. The second-order valence-corrected chi connectivity index (χ2v) is 7.90. The molecule has 0 amide bonds. The molecule has 0 aromatic carbocycles. The molecular weight excluding hydrogens is 379 g/mol. The van der Waals surface area contributed by atoms with Gasteiger partial charge in [0.25, 0.3) is 5.82 Å². The Morgan fingerprint density at radius 3 is 2.79 bits per heavy atom. The summed E-state index contributed by atoms with van der Waals surface area (Å²) in [5, 5.41) is 14.6. The van der Waals surface area contributed by atoms with E-state index in [2.05, 4.69) is 20.0 Å². The molecule has 2 saturated heterocycles. The molecule has 2 aromatic rings. The Labute approximate surface area is 168 Å². The van der Waals surface area contributed by atoms with Crippen LogP contribution in [0, 0.1) is 11.2 Å². The van der Waals surface area contributed by atoms with Crippen molar-refractivity contribution in [2.24, 2.45) is 12.5 Å². The van der Waals surface area contributed by atoms with E-state index in [4.69, 9.17) is 4.74 Å². The quantitative estimate of drug-likeness (QED) is 0.757. The number of carbonyl (C=O) groups is 1. The Bertz CT molecular complexity index is 896. The molecule has 0 saturated carbocycles. The second-order valence-electron chi connectivity index (χ2n) is 7.90. The van der Waals surface area contributed by atoms with Crippen LogP contribution in [-0.2, 0) is 11.8 Å². The highest BCUT2D eigenvalue weighted by Crippen LogP contribution is 2.42. The predicted molar refractivity (Wildman–Crippen MR) is 103 cm³/mol. The summed E-state index contributed by atoms with van der Waals surface area (Å²) in [5.41, 5.74) is 0.379. The number of aromatic nitrogens is 4. The van der Waals surface area contributed by atoms with E-state index < -0.39 is 12.1 Å². The smallest absolute Gasteiger partial charge is 0.378 e. The number of esters is 1. The SMILES string of the molecule is COC(=O)c1nc(N2CCC3(CC2)CC(O)CN(c2ccncc2F)C3)n(C)n1. The van der Waals surface area contributed by atoms with Gasteiger partial charge in [0.2, 0.25) is 5.95 Å². The Kier molecular flexibility index (Phi) is 5.12. The average Bonchev–Trinajstić information content (AvgIpc) is 3.09. The van der Waals surface area contributed by atoms with Crippen molar-refractivity contribution in [2.45, 2.75) is 25.4 Å². The molecule has 1 unspecified atom stereocenters. The molecule has 2 aromatic heterocycles. The maximum Gasteiger partial charge on any atom is 0.378 e. The first-order chi connectivity index (χ1) is 13.9. The van der Waals surface area contributed by atoms with Gasteiger partial charge in [0.15, 0.2) is 5.82 Å². The average molecular weight is 404 g/mol. The number of aliphatic hydroxyl groups is 1. The van der Waals surface area contributed by atoms with Crippen LogP contribution in [0.3, 0.4) is 0 Å². The minimum absolute atomic E-state index is 0.0395. The van der Waals surface area contributed by atoms with Crippen molar-refractivity contribution in [3.05, 3.63) is 30.1 Å². The third-order valence-electron chi connectivity index (χ3n) is 5.93. The molecule has 0 aliphatic carbocycles. The van der Waals surface area contributed by atoms with Gasteiger partial charge in [-0.05, 0) is 30.7 Å². The summed E-state index contributed by atoms with van der Waals surface area (Å²) in [6.07, 6.45) is 4.61. The van der Waals surface area contributed by atoms with Crippen molar-refractivity contribution in [2.75, 3.05) is 43.1 Å². The first-order valence-electron chi connectivity index (χ1n) is 9.68. The van der Waals surface area contributed by atoms with E-state index in [0.717, 1.165) is 12.8 Å². The van der Waals surface area contributed by atoms with Crippen LogP contribution in [0.15, 0.2) is 18.5 Å². The van der Waals surface area contributed by atoms with Gasteiger partial charge in [0.05, 0.1) is 25.1 Å². The lowest BCUT2D eigenvalue weighted by atomic mass is 9.71. The number of halogens is 1. The summed E-state index contributed by atoms with van der Waals surface area (Å²) in [5.74, 6) is -0.277. The summed E-state index contributed by atoms with van der Waals surface area (Å²) in [4.78, 5) is 23.8. The number of nitrogens with zero attached hydrogens (tertiary/aromatic N) is 6. The largest absolute Gasteiger partial charge is 0.463 e. The zero-order valence-corrected chi connectivity index (χ0v) is 16.6. The van der Waals surface area contributed by atoms with E-state index in [0.29, 0.717) is 44.2 Å². The molecule has 1 atom stereocenters. The molecular formula is C19H25FN6O3. The van der Waals surface area contributed by atoms with Gasteiger partial charge < -0.3 is 19.6 Å². The van der Waals surface area contributed by atoms with Crippen molar-refractivity contribution in [3.63, 3.8) is 0 Å². The van der Waals surface area contributed by atoms with Crippen LogP contribution >= 0.6 is 0 Å². The monoisotopic (exact) mass is 404 g/mol. The number of rotatable bonds is 3. The Morgan fingerprint density at radius 1 is 1.34 bits per heavy atom. The predicted octanol–water partition coefficient (Wildman–Crippen LogP) is 0.994. The molecule has 10 heteroatoms. The number of ether oxygens (including phenoxy) is 1. The van der Waals surface area contributed by atoms with Crippen LogP contribution in [0.2, 0.25) is 0 Å². The maximum atomic E-state index is 14.2. The van der Waals surface area contributed by atoms with Gasteiger partial charge in [-0.3, -0.25) is 4.98 Å². The minimum Gasteiger partial charge on any atom is -0.463 e. The number of hydrogen-bond acceptors (Lipinski definition) is 8. The standard InChI is InChI=1S/C19H25FN6O3/c1-24-18(22-16(23-24)17(28)29-2)25-7-4-19(5-8-25)9-13(27)11-26(12-19)15-3-6-21-10-14(15)20/h3,6,10,13,27H,4-5,7-9,11-12H2,1-2H3. The number of anilines is 2. The van der Waals surface area contributed by atoms with Gasteiger partial charge in [0.1, 0.15) is 0 Å². The molecule has 2 aliphatic heterocycles. The summed E-state index contributed by atoms with van der Waals surface area (Å²) < 4.78 is 20.5. The van der Waals surface area contributed by atoms with Crippen LogP contribution in [0.4, 0.5) is 16.0 Å². The molecule has 1 N–H and O–H groups in total. The van der Waals surface area contributed by atoms with E-state index in [1.165, 1.54) is 13.3 Å². The summed E-state index contributed by atoms with van der Waals surface area (Å²) in [6, 6.07) is 1.66. The van der Waals surface area contributed by atoms with E-state index >= 15 is 0 Å². The molecule has 1 spiro atoms. The number of pyridine rings is 1. The molecule has 4 rings (SSSR count). The van der Waals surface area contributed by atoms with Crippen molar-refractivity contribution in [1.29, 1.82) is 0 Å². The molecule has 2 aliphatic rings. The molecule has 156 valence electrons. The fourth-order valence-electron chi connectivity index (χ4n) is 4.53. The first-order valence-corrected chi connectivity index (χ1v) is 9.68. The van der Waals surface area contributed by atoms with Crippen molar-refractivity contribution in [1.82, 2.24) is 19.7 Å². The third kappa shape index (κ3) is 3.76. The molecule has 0 radical (unpaired) electrons. The zero-order valence-electron chi connectivity index (χ0n) is 16.6. The van der Waals surface area contributed by atoms with Gasteiger partial charge in [0, 0.05) is 39.4 Å². The number of carbonyl (C=O) groups excluding carboxylic acids is 1. The lowest BCUT2D eigenvalue weighted by Gasteiger charge is -2.49. The fraction of sp³-hybridized carbons (Fsp3) is 0.579. The lowest BCUT2D eigenvalue weighted by Crippen LogP contribution is -2.54. The van der Waals surface area contributed by atoms with E-state index in [1.54, 1.807) is 24.0 Å². The van der Waals surface area contributed by atoms with E-state index in [-0.39, 0.29) is 17.1 Å². The fourth-order valence-corrected chi connectivity index (χ4v) is 4.53. The molecule has 2 fully saturated rings. The first kappa shape index (κ1) is 19.6. The topological polar surface area (TPSA) is 96.6 Å². The number of hydrogen-bond donors (Lipinski definition) is 1. The Morgan fingerprint density at radius 2 is 2.10 bits per heavy atom. The zero-order chi connectivity index (χ0) is 20.6. The second kappa shape index (κ2) is 7.58. The van der Waals surface area contributed by atoms with Crippen LogP contribution < -0.4 is 9.80 Å². The molecule has 0 bridgehead atoms. The number of aryl methyl sites for hydroxylation is 1. The van der Waals surface area contributed by atoms with Gasteiger partial charge >= 0.3 is 5.97 Å². The van der Waals surface area contributed by atoms with Gasteiger partial charge in [-0.15, -0.1) is 5.10 Å². The number of aliphatic hydroxyl groups excluding tert-OH is 1. The van der Waals surface area contributed by atoms with Crippen molar-refractivity contribution < 1.29 is 19.0 Å². The molecule has 4 heterocycles. The number of methoxy groups -OCH3 is 1. The normalized spacial score (nSPS) is 21.4. The van der Waals surface area contributed by atoms with Crippen molar-refractivity contribution >= 4 is 17.6 Å². The van der Waals surface area contributed by atoms with Gasteiger partial charge in [-0.25, -0.2) is 13.9 Å². The number of β-amino-alcohol motifs (C(OH)–C–C–N with tert-alkyl or cyclic N) is 1. The van der Waals surface area contributed by atoms with E-state index in [1.807, 2.05) is 4.90 Å². The summed E-state index contributed by atoms with van der Waals surface area (Å²) >= 11 is 0. The van der Waals surface area contributed by atoms with Crippen molar-refractivity contribution in [3.8, 4) is 0 Å². The highest BCUT2D eigenvalue weighted by atomic mass is 19.1. The summed E-state index contributed by atoms with van der Waals surface area (Å²) in [6.45, 7) is 2.53. The van der Waals surface area contributed by atoms with E-state index in [9.17, 15) is 14.3 Å². The Balaban J connectivity index is 1.49. The van der Waals surface area contributed by atoms with Gasteiger partial charge in [-0.1, -0.05) is 0 Å². The Hall–Kier alpha value is -2.75. The lowest BCUT2D eigenvalue weighted by molar-refractivity contribution is 0.0580. The van der Waals surface area contributed by atoms with Crippen LogP contribution in [-0.4, -0.2) is 70.2 Å². The molecule has 9 nitrogen and oxygen atoms in total. The number of piperidine rings is 2. The highest BCUT2D eigenvalue weighted by molar-refractivity contribution is 5.85. The van der Waals surface area contributed by atoms with Crippen LogP contribution in [0.5, 0.6) is 0 Å². The van der Waals surface area contributed by atoms with Crippen LogP contribution in [0.1, 0.15) is 29.9 Å². The third-order valence-corrected chi connectivity index (χ3v) is 5.93. The van der Waals surface area contributed by atoms with Gasteiger partial charge in [-0.2, -0.15) is 4.98 Å². The van der Waals surface area contributed by atoms with Crippen LogP contribution in [0.25, 0.3) is 0 Å². The minimum atomic E-state index is -0.564.